The first kappa shape index (κ1) is 30.6. The number of allylic oxidation sites excluding steroid dienone is 2. The first-order valence-corrected chi connectivity index (χ1v) is 15.1. The van der Waals surface area contributed by atoms with Gasteiger partial charge >= 0.3 is 18.0 Å². The molecule has 0 saturated carbocycles. The Labute approximate surface area is 245 Å². The van der Waals surface area contributed by atoms with Gasteiger partial charge < -0.3 is 9.64 Å². The molecule has 2 atom stereocenters. The Morgan fingerprint density at radius 3 is 2.38 bits per heavy atom. The molecule has 1 saturated heterocycles. The average molecular weight is 615 g/mol. The predicted molar refractivity (Wildman–Crippen MR) is 152 cm³/mol. The molecule has 1 fully saturated rings. The van der Waals surface area contributed by atoms with Gasteiger partial charge in [0, 0.05) is 48.3 Å². The second-order valence-corrected chi connectivity index (χ2v) is 13.5. The van der Waals surface area contributed by atoms with E-state index in [2.05, 4.69) is 4.98 Å². The lowest BCUT2D eigenvalue weighted by atomic mass is 9.87. The number of benzene rings is 1. The van der Waals surface area contributed by atoms with E-state index in [0.29, 0.717) is 17.7 Å². The van der Waals surface area contributed by atoms with E-state index in [-0.39, 0.29) is 65.4 Å². The normalized spacial score (nSPS) is 23.0. The molecule has 3 heterocycles. The number of anilines is 1. The smallest absolute Gasteiger partial charge is 0.417 e. The number of aromatic nitrogens is 2. The highest BCUT2D eigenvalue weighted by Crippen LogP contribution is 2.49. The lowest BCUT2D eigenvalue weighted by Gasteiger charge is -2.45. The number of carbonyl (C=O) groups is 1. The Kier molecular flexibility index (Phi) is 7.81. The van der Waals surface area contributed by atoms with Gasteiger partial charge in [-0.25, -0.2) is 18.4 Å². The number of hydrogen-bond donors (Lipinski definition) is 0. The maximum atomic E-state index is 14.7. The van der Waals surface area contributed by atoms with Crippen LogP contribution in [0.4, 0.5) is 32.6 Å². The van der Waals surface area contributed by atoms with Crippen molar-refractivity contribution in [2.75, 3.05) is 23.7 Å². The molecule has 2 unspecified atom stereocenters. The molecule has 2 aliphatic heterocycles. The van der Waals surface area contributed by atoms with Gasteiger partial charge in [-0.2, -0.15) is 18.2 Å². The molecule has 1 aliphatic carbocycles. The third-order valence-corrected chi connectivity index (χ3v) is 9.01. The summed E-state index contributed by atoms with van der Waals surface area (Å²) in [4.78, 5) is 34.3. The number of aryl methyl sites for hydroxylation is 1. The van der Waals surface area contributed by atoms with E-state index in [9.17, 15) is 31.5 Å². The van der Waals surface area contributed by atoms with Gasteiger partial charge in [-0.3, -0.25) is 9.47 Å². The third-order valence-electron chi connectivity index (χ3n) is 7.83. The number of rotatable bonds is 2. The molecule has 1 amide bonds. The molecule has 1 aromatic carbocycles. The standard InChI is InChI=1S/C29H35F5N4O3S/c1-16-14-36(15-17(2)38(16)26(40)41-27(3,4)5)24-19-13-20(29(32,33)34)21(18-7-9-28(30,31)10-8-18)23-22(19)37(25(39)35-24)11-6-12-42-23/h7,13,16-17H,6,8-12,14-15H2,1-5H3. The van der Waals surface area contributed by atoms with Crippen LogP contribution in [0.25, 0.3) is 16.5 Å². The molecule has 0 spiro atoms. The number of carbonyl (C=O) groups excluding carboxylic acids is 1. The van der Waals surface area contributed by atoms with Crippen LogP contribution < -0.4 is 10.6 Å². The van der Waals surface area contributed by atoms with Crippen LogP contribution in [0.3, 0.4) is 0 Å². The van der Waals surface area contributed by atoms with Crippen LogP contribution in [0.5, 0.6) is 0 Å². The molecule has 0 bridgehead atoms. The van der Waals surface area contributed by atoms with Crippen molar-refractivity contribution in [3.63, 3.8) is 0 Å². The topological polar surface area (TPSA) is 67.7 Å². The quantitative estimate of drug-likeness (QED) is 0.341. The molecule has 0 radical (unpaired) electrons. The van der Waals surface area contributed by atoms with Crippen molar-refractivity contribution in [3.05, 3.63) is 33.8 Å². The van der Waals surface area contributed by atoms with Gasteiger partial charge in [0.15, 0.2) is 0 Å². The summed E-state index contributed by atoms with van der Waals surface area (Å²) >= 11 is 1.22. The van der Waals surface area contributed by atoms with Crippen molar-refractivity contribution in [3.8, 4) is 0 Å². The number of ether oxygens (including phenoxy) is 1. The van der Waals surface area contributed by atoms with E-state index in [4.69, 9.17) is 4.74 Å². The lowest BCUT2D eigenvalue weighted by molar-refractivity contribution is -0.137. The summed E-state index contributed by atoms with van der Waals surface area (Å²) in [6.45, 7) is 9.67. The Morgan fingerprint density at radius 2 is 1.81 bits per heavy atom. The zero-order valence-electron chi connectivity index (χ0n) is 24.3. The van der Waals surface area contributed by atoms with Crippen LogP contribution in [-0.2, 0) is 17.5 Å². The van der Waals surface area contributed by atoms with E-state index in [0.717, 1.165) is 6.07 Å². The van der Waals surface area contributed by atoms with E-state index < -0.39 is 47.9 Å². The predicted octanol–water partition coefficient (Wildman–Crippen LogP) is 6.95. The molecule has 5 rings (SSSR count). The third kappa shape index (κ3) is 5.85. The van der Waals surface area contributed by atoms with Gasteiger partial charge in [-0.05, 0) is 64.9 Å². The molecule has 13 heteroatoms. The number of halogens is 5. The maximum absolute atomic E-state index is 14.7. The minimum Gasteiger partial charge on any atom is -0.444 e. The Balaban J connectivity index is 1.68. The van der Waals surface area contributed by atoms with Gasteiger partial charge in [0.25, 0.3) is 5.92 Å². The summed E-state index contributed by atoms with van der Waals surface area (Å²) in [6, 6.07) is 0.257. The van der Waals surface area contributed by atoms with E-state index in [1.165, 1.54) is 22.4 Å². The fraction of sp³-hybridized carbons (Fsp3) is 0.621. The molecular formula is C29H35F5N4O3S. The second-order valence-electron chi connectivity index (χ2n) is 12.4. The molecule has 42 heavy (non-hydrogen) atoms. The molecule has 7 nitrogen and oxygen atoms in total. The largest absolute Gasteiger partial charge is 0.444 e. The highest BCUT2D eigenvalue weighted by molar-refractivity contribution is 7.99. The monoisotopic (exact) mass is 614 g/mol. The summed E-state index contributed by atoms with van der Waals surface area (Å²) in [5, 5.41) is 0.182. The fourth-order valence-electron chi connectivity index (χ4n) is 6.11. The van der Waals surface area contributed by atoms with Crippen molar-refractivity contribution in [1.29, 1.82) is 0 Å². The van der Waals surface area contributed by atoms with Crippen molar-refractivity contribution in [2.45, 2.75) is 102 Å². The minimum atomic E-state index is -4.78. The van der Waals surface area contributed by atoms with Crippen molar-refractivity contribution >= 4 is 40.1 Å². The Bertz CT molecular complexity index is 1490. The van der Waals surface area contributed by atoms with Crippen LogP contribution in [0.1, 0.15) is 71.4 Å². The van der Waals surface area contributed by atoms with Crippen molar-refractivity contribution in [1.82, 2.24) is 14.5 Å². The molecular weight excluding hydrogens is 579 g/mol. The van der Waals surface area contributed by atoms with Crippen molar-refractivity contribution in [2.24, 2.45) is 0 Å². The van der Waals surface area contributed by atoms with Gasteiger partial charge in [0.05, 0.1) is 23.2 Å². The zero-order chi connectivity index (χ0) is 30.8. The maximum Gasteiger partial charge on any atom is 0.417 e. The first-order valence-electron chi connectivity index (χ1n) is 14.1. The van der Waals surface area contributed by atoms with Gasteiger partial charge in [-0.1, -0.05) is 6.08 Å². The van der Waals surface area contributed by atoms with Crippen LogP contribution in [0, 0.1) is 0 Å². The van der Waals surface area contributed by atoms with Crippen LogP contribution in [-0.4, -0.2) is 63.0 Å². The Morgan fingerprint density at radius 1 is 1.14 bits per heavy atom. The summed E-state index contributed by atoms with van der Waals surface area (Å²) in [5.74, 6) is -2.38. The molecule has 2 aromatic rings. The molecule has 0 N–H and O–H groups in total. The highest BCUT2D eigenvalue weighted by Gasteiger charge is 2.41. The summed E-state index contributed by atoms with van der Waals surface area (Å²) in [6.07, 6.45) is -4.88. The number of hydrogen-bond acceptors (Lipinski definition) is 6. The van der Waals surface area contributed by atoms with Crippen LogP contribution in [0.15, 0.2) is 21.8 Å². The van der Waals surface area contributed by atoms with Gasteiger partial charge in [0.1, 0.15) is 11.4 Å². The average Bonchev–Trinajstić information content (AvgIpc) is 3.08. The summed E-state index contributed by atoms with van der Waals surface area (Å²) < 4.78 is 79.1. The number of piperazine rings is 1. The number of nitrogens with zero attached hydrogens (tertiary/aromatic N) is 4. The number of alkyl halides is 5. The zero-order valence-corrected chi connectivity index (χ0v) is 25.1. The van der Waals surface area contributed by atoms with Gasteiger partial charge in [-0.15, -0.1) is 11.8 Å². The number of thioether (sulfide) groups is 1. The van der Waals surface area contributed by atoms with Crippen LogP contribution in [0.2, 0.25) is 0 Å². The Hall–Kier alpha value is -2.83. The summed E-state index contributed by atoms with van der Waals surface area (Å²) in [7, 11) is 0. The van der Waals surface area contributed by atoms with Crippen molar-refractivity contribution < 1.29 is 31.5 Å². The lowest BCUT2D eigenvalue weighted by Crippen LogP contribution is -2.59. The van der Waals surface area contributed by atoms with Crippen LogP contribution >= 0.6 is 11.8 Å². The number of amides is 1. The molecule has 3 aliphatic rings. The van der Waals surface area contributed by atoms with Gasteiger partial charge in [0.2, 0.25) is 0 Å². The first-order chi connectivity index (χ1) is 19.5. The van der Waals surface area contributed by atoms with E-state index in [1.54, 1.807) is 30.6 Å². The second kappa shape index (κ2) is 10.7. The van der Waals surface area contributed by atoms with E-state index >= 15 is 0 Å². The summed E-state index contributed by atoms with van der Waals surface area (Å²) in [5.41, 5.74) is -1.73. The highest BCUT2D eigenvalue weighted by atomic mass is 32.2. The van der Waals surface area contributed by atoms with E-state index in [1.807, 2.05) is 13.8 Å². The fourth-order valence-corrected chi connectivity index (χ4v) is 7.33. The SMILES string of the molecule is CC1CN(c2nc(=O)n3c4c(c(C5=CCC(F)(F)CC5)c(C(F)(F)F)cc24)SCCC3)CC(C)N1C(=O)OC(C)(C)C. The molecule has 230 valence electrons. The molecule has 1 aromatic heterocycles. The minimum absolute atomic E-state index is 0.112.